The summed E-state index contributed by atoms with van der Waals surface area (Å²) < 4.78 is 0. The molecule has 0 heterocycles. The molecule has 0 saturated heterocycles. The van der Waals surface area contributed by atoms with E-state index in [1.165, 1.54) is 0 Å². The third-order valence-corrected chi connectivity index (χ3v) is 5.01. The van der Waals surface area contributed by atoms with Crippen molar-refractivity contribution in [3.8, 4) is 6.07 Å². The lowest BCUT2D eigenvalue weighted by atomic mass is 9.81. The molecule has 0 atom stereocenters. The first-order chi connectivity index (χ1) is 13.0. The van der Waals surface area contributed by atoms with Gasteiger partial charge in [-0.1, -0.05) is 18.2 Å². The Hall–Kier alpha value is -3.13. The number of aryl methyl sites for hydroxylation is 1. The number of carbonyl (C=O) groups excluding carboxylic acids is 2. The minimum absolute atomic E-state index is 0.0289. The molecule has 1 aliphatic rings. The summed E-state index contributed by atoms with van der Waals surface area (Å²) in [6.07, 6.45) is 2.79. The maximum atomic E-state index is 12.5. The number of hydrogen-bond acceptors (Lipinski definition) is 3. The summed E-state index contributed by atoms with van der Waals surface area (Å²) in [7, 11) is 0. The van der Waals surface area contributed by atoms with Crippen molar-refractivity contribution in [1.82, 2.24) is 0 Å². The molecule has 3 rings (SSSR count). The number of hydrogen-bond donors (Lipinski definition) is 2. The Bertz CT molecular complexity index is 877. The van der Waals surface area contributed by atoms with Crippen LogP contribution in [0.2, 0.25) is 0 Å². The second kappa shape index (κ2) is 8.50. The van der Waals surface area contributed by atoms with Crippen LogP contribution in [0.1, 0.15) is 36.8 Å². The Kier molecular flexibility index (Phi) is 5.87. The molecule has 1 saturated carbocycles. The third-order valence-electron chi connectivity index (χ3n) is 5.01. The molecule has 1 fully saturated rings. The third kappa shape index (κ3) is 4.95. The van der Waals surface area contributed by atoms with E-state index in [1.54, 1.807) is 24.3 Å². The molecule has 2 aromatic rings. The Morgan fingerprint density at radius 2 is 1.41 bits per heavy atom. The fraction of sp³-hybridized carbons (Fsp3) is 0.318. The Balaban J connectivity index is 1.51. The number of nitrogens with one attached hydrogen (secondary N) is 2. The predicted molar refractivity (Wildman–Crippen MR) is 105 cm³/mol. The molecule has 0 unspecified atom stereocenters. The topological polar surface area (TPSA) is 82.0 Å². The normalized spacial score (nSPS) is 19.0. The van der Waals surface area contributed by atoms with Gasteiger partial charge in [0.15, 0.2) is 0 Å². The summed E-state index contributed by atoms with van der Waals surface area (Å²) in [5.41, 5.74) is 3.08. The maximum Gasteiger partial charge on any atom is 0.227 e. The van der Waals surface area contributed by atoms with Crippen LogP contribution < -0.4 is 10.6 Å². The van der Waals surface area contributed by atoms with Crippen LogP contribution >= 0.6 is 0 Å². The van der Waals surface area contributed by atoms with Crippen LogP contribution in [-0.4, -0.2) is 11.8 Å². The van der Waals surface area contributed by atoms with Gasteiger partial charge in [0.25, 0.3) is 0 Å². The Morgan fingerprint density at radius 1 is 0.889 bits per heavy atom. The molecule has 0 aliphatic heterocycles. The molecule has 5 nitrogen and oxygen atoms in total. The fourth-order valence-electron chi connectivity index (χ4n) is 3.50. The van der Waals surface area contributed by atoms with Crippen LogP contribution in [0.4, 0.5) is 11.4 Å². The van der Waals surface area contributed by atoms with Gasteiger partial charge in [0.1, 0.15) is 0 Å². The van der Waals surface area contributed by atoms with E-state index >= 15 is 0 Å². The van der Waals surface area contributed by atoms with Crippen molar-refractivity contribution in [2.75, 3.05) is 10.6 Å². The van der Waals surface area contributed by atoms with E-state index in [9.17, 15) is 9.59 Å². The van der Waals surface area contributed by atoms with Crippen molar-refractivity contribution in [2.45, 2.75) is 32.6 Å². The molecular formula is C22H23N3O2. The molecule has 138 valence electrons. The van der Waals surface area contributed by atoms with Crippen molar-refractivity contribution < 1.29 is 9.59 Å². The van der Waals surface area contributed by atoms with Gasteiger partial charge in [0.2, 0.25) is 11.8 Å². The fourth-order valence-corrected chi connectivity index (χ4v) is 3.50. The summed E-state index contributed by atoms with van der Waals surface area (Å²) in [6, 6.07) is 16.7. The van der Waals surface area contributed by atoms with Crippen LogP contribution in [0.25, 0.3) is 0 Å². The van der Waals surface area contributed by atoms with Gasteiger partial charge in [-0.2, -0.15) is 5.26 Å². The minimum Gasteiger partial charge on any atom is -0.326 e. The Labute approximate surface area is 159 Å². The van der Waals surface area contributed by atoms with E-state index in [1.807, 2.05) is 31.2 Å². The molecule has 2 amide bonds. The molecule has 5 heteroatoms. The quantitative estimate of drug-likeness (QED) is 0.854. The van der Waals surface area contributed by atoms with E-state index in [2.05, 4.69) is 16.7 Å². The van der Waals surface area contributed by atoms with Crippen LogP contribution in [-0.2, 0) is 9.59 Å². The first-order valence-electron chi connectivity index (χ1n) is 9.23. The largest absolute Gasteiger partial charge is 0.326 e. The molecule has 0 radical (unpaired) electrons. The zero-order chi connectivity index (χ0) is 19.2. The average molecular weight is 361 g/mol. The summed E-state index contributed by atoms with van der Waals surface area (Å²) >= 11 is 0. The number of carbonyl (C=O) groups is 2. The van der Waals surface area contributed by atoms with Crippen molar-refractivity contribution in [3.05, 3.63) is 59.7 Å². The minimum atomic E-state index is -0.0984. The van der Waals surface area contributed by atoms with Crippen LogP contribution in [0.3, 0.4) is 0 Å². The van der Waals surface area contributed by atoms with Gasteiger partial charge in [-0.15, -0.1) is 0 Å². The van der Waals surface area contributed by atoms with E-state index in [4.69, 9.17) is 5.26 Å². The second-order valence-electron chi connectivity index (χ2n) is 7.09. The first-order valence-corrected chi connectivity index (χ1v) is 9.23. The van der Waals surface area contributed by atoms with Crippen molar-refractivity contribution >= 4 is 23.2 Å². The van der Waals surface area contributed by atoms with Gasteiger partial charge in [-0.25, -0.2) is 0 Å². The molecule has 1 aliphatic carbocycles. The zero-order valence-electron chi connectivity index (χ0n) is 15.4. The van der Waals surface area contributed by atoms with Crippen molar-refractivity contribution in [3.63, 3.8) is 0 Å². The van der Waals surface area contributed by atoms with E-state index in [0.29, 0.717) is 36.9 Å². The van der Waals surface area contributed by atoms with E-state index in [0.717, 1.165) is 11.3 Å². The summed E-state index contributed by atoms with van der Waals surface area (Å²) in [5.74, 6) is -0.168. The summed E-state index contributed by atoms with van der Waals surface area (Å²) in [5, 5.41) is 14.8. The van der Waals surface area contributed by atoms with Gasteiger partial charge < -0.3 is 10.6 Å². The van der Waals surface area contributed by atoms with Gasteiger partial charge in [-0.3, -0.25) is 9.59 Å². The monoisotopic (exact) mass is 361 g/mol. The zero-order valence-corrected chi connectivity index (χ0v) is 15.4. The van der Waals surface area contributed by atoms with Crippen LogP contribution in [0.15, 0.2) is 48.5 Å². The molecule has 27 heavy (non-hydrogen) atoms. The highest BCUT2D eigenvalue weighted by atomic mass is 16.2. The number of nitrogens with zero attached hydrogens (tertiary/aromatic N) is 1. The predicted octanol–water partition coefficient (Wildman–Crippen LogP) is 4.25. The highest BCUT2D eigenvalue weighted by molar-refractivity contribution is 5.94. The molecular weight excluding hydrogens is 338 g/mol. The summed E-state index contributed by atoms with van der Waals surface area (Å²) in [6.45, 7) is 1.99. The molecule has 0 bridgehead atoms. The molecule has 2 N–H and O–H groups in total. The van der Waals surface area contributed by atoms with E-state index in [-0.39, 0.29) is 23.7 Å². The average Bonchev–Trinajstić information content (AvgIpc) is 2.68. The number of benzene rings is 2. The molecule has 0 aromatic heterocycles. The highest BCUT2D eigenvalue weighted by Gasteiger charge is 2.30. The van der Waals surface area contributed by atoms with Gasteiger partial charge >= 0.3 is 0 Å². The van der Waals surface area contributed by atoms with Gasteiger partial charge in [0, 0.05) is 23.2 Å². The number of anilines is 2. The summed E-state index contributed by atoms with van der Waals surface area (Å²) in [4.78, 5) is 25.0. The lowest BCUT2D eigenvalue weighted by Crippen LogP contribution is -2.32. The van der Waals surface area contributed by atoms with Gasteiger partial charge in [0.05, 0.1) is 11.6 Å². The maximum absolute atomic E-state index is 12.5. The lowest BCUT2D eigenvalue weighted by molar-refractivity contribution is -0.125. The lowest BCUT2D eigenvalue weighted by Gasteiger charge is -2.27. The van der Waals surface area contributed by atoms with Crippen LogP contribution in [0.5, 0.6) is 0 Å². The molecule has 2 aromatic carbocycles. The standard InChI is InChI=1S/C22H23N3O2/c1-15-4-2-6-19(12-15)24-21(26)17-8-10-18(11-9-17)22(27)25-20-7-3-5-16(13-20)14-23/h2-7,12-13,17-18H,8-11H2,1H3,(H,24,26)(H,25,27). The van der Waals surface area contributed by atoms with Crippen molar-refractivity contribution in [2.24, 2.45) is 11.8 Å². The molecule has 0 spiro atoms. The number of nitriles is 1. The Morgan fingerprint density at radius 3 is 1.93 bits per heavy atom. The van der Waals surface area contributed by atoms with Crippen molar-refractivity contribution in [1.29, 1.82) is 5.26 Å². The highest BCUT2D eigenvalue weighted by Crippen LogP contribution is 2.30. The second-order valence-corrected chi connectivity index (χ2v) is 7.09. The van der Waals surface area contributed by atoms with Gasteiger partial charge in [-0.05, 0) is 68.5 Å². The van der Waals surface area contributed by atoms with E-state index < -0.39 is 0 Å². The van der Waals surface area contributed by atoms with Crippen LogP contribution in [0, 0.1) is 30.1 Å². The smallest absolute Gasteiger partial charge is 0.227 e. The first kappa shape index (κ1) is 18.7. The number of amides is 2. The SMILES string of the molecule is Cc1cccc(NC(=O)C2CCC(C(=O)Nc3cccc(C#N)c3)CC2)c1. The number of rotatable bonds is 4.